The van der Waals surface area contributed by atoms with Crippen molar-refractivity contribution in [2.45, 2.75) is 12.2 Å². The molecule has 1 saturated heterocycles. The Morgan fingerprint density at radius 2 is 1.71 bits per heavy atom. The molecule has 38 heavy (non-hydrogen) atoms. The molecule has 3 aromatic rings. The molecule has 12 heteroatoms. The lowest BCUT2D eigenvalue weighted by Crippen LogP contribution is -2.40. The van der Waals surface area contributed by atoms with Gasteiger partial charge in [-0.2, -0.15) is 13.2 Å². The molecule has 1 fully saturated rings. The van der Waals surface area contributed by atoms with Gasteiger partial charge in [-0.3, -0.25) is 9.69 Å². The first-order valence-electron chi connectivity index (χ1n) is 11.4. The number of amides is 3. The van der Waals surface area contributed by atoms with Crippen molar-refractivity contribution in [2.75, 3.05) is 31.5 Å². The minimum Gasteiger partial charge on any atom is -0.457 e. The third-order valence-electron chi connectivity index (χ3n) is 5.74. The van der Waals surface area contributed by atoms with Gasteiger partial charge in [-0.1, -0.05) is 23.7 Å². The predicted octanol–water partition coefficient (Wildman–Crippen LogP) is 5.17. The van der Waals surface area contributed by atoms with Crippen LogP contribution >= 0.6 is 11.6 Å². The van der Waals surface area contributed by atoms with Crippen LogP contribution in [0.3, 0.4) is 0 Å². The zero-order chi connectivity index (χ0) is 27.3. The fourth-order valence-electron chi connectivity index (χ4n) is 3.97. The van der Waals surface area contributed by atoms with Crippen molar-refractivity contribution in [3.05, 3.63) is 88.9 Å². The van der Waals surface area contributed by atoms with Crippen LogP contribution < -0.4 is 15.0 Å². The van der Waals surface area contributed by atoms with Crippen LogP contribution in [-0.4, -0.2) is 48.6 Å². The summed E-state index contributed by atoms with van der Waals surface area (Å²) in [5, 5.41) is 11.6. The van der Waals surface area contributed by atoms with Crippen LogP contribution in [0, 0.1) is 0 Å². The quantitative estimate of drug-likeness (QED) is 0.284. The maximum Gasteiger partial charge on any atom is 0.416 e. The van der Waals surface area contributed by atoms with Crippen molar-refractivity contribution >= 4 is 29.2 Å². The van der Waals surface area contributed by atoms with Gasteiger partial charge in [0.1, 0.15) is 31.6 Å². The molecule has 8 nitrogen and oxygen atoms in total. The van der Waals surface area contributed by atoms with E-state index in [1.165, 1.54) is 21.9 Å². The summed E-state index contributed by atoms with van der Waals surface area (Å²) >= 11 is 5.89. The topological polar surface area (TPSA) is 91.3 Å². The van der Waals surface area contributed by atoms with Crippen LogP contribution in [-0.2, 0) is 15.7 Å². The van der Waals surface area contributed by atoms with Crippen molar-refractivity contribution in [1.82, 2.24) is 10.2 Å². The highest BCUT2D eigenvalue weighted by Gasteiger charge is 2.41. The minimum atomic E-state index is -4.56. The van der Waals surface area contributed by atoms with Gasteiger partial charge in [0.2, 0.25) is 5.91 Å². The zero-order valence-corrected chi connectivity index (χ0v) is 20.6. The van der Waals surface area contributed by atoms with E-state index >= 15 is 0 Å². The van der Waals surface area contributed by atoms with Gasteiger partial charge in [0.25, 0.3) is 0 Å². The standard InChI is InChI=1S/C26H23ClF3N3O5/c27-19-4-8-21(9-5-19)38-22-10-6-20(7-11-22)33-23(17-2-1-3-18(12-17)26(28,29)30)13-32(25(33)36)14-24(35)31-15-37-16-34/h1-12,23,34H,13-16H2,(H,31,35). The molecular formula is C26H23ClF3N3O5. The fourth-order valence-corrected chi connectivity index (χ4v) is 4.10. The Hall–Kier alpha value is -3.80. The summed E-state index contributed by atoms with van der Waals surface area (Å²) in [6.07, 6.45) is -4.56. The van der Waals surface area contributed by atoms with E-state index in [0.717, 1.165) is 12.1 Å². The van der Waals surface area contributed by atoms with E-state index in [2.05, 4.69) is 10.1 Å². The van der Waals surface area contributed by atoms with Gasteiger partial charge in [0.15, 0.2) is 0 Å². The first kappa shape index (κ1) is 27.2. The lowest BCUT2D eigenvalue weighted by atomic mass is 10.0. The number of hydrogen-bond donors (Lipinski definition) is 2. The van der Waals surface area contributed by atoms with Crippen molar-refractivity contribution in [3.63, 3.8) is 0 Å². The molecule has 200 valence electrons. The first-order chi connectivity index (χ1) is 18.2. The number of hydrogen-bond acceptors (Lipinski definition) is 5. The summed E-state index contributed by atoms with van der Waals surface area (Å²) in [4.78, 5) is 28.2. The van der Waals surface area contributed by atoms with Gasteiger partial charge >= 0.3 is 12.2 Å². The van der Waals surface area contributed by atoms with Gasteiger partial charge < -0.3 is 24.8 Å². The highest BCUT2D eigenvalue weighted by molar-refractivity contribution is 6.30. The molecule has 4 rings (SSSR count). The molecule has 0 aromatic heterocycles. The van der Waals surface area contributed by atoms with Crippen molar-refractivity contribution in [2.24, 2.45) is 0 Å². The first-order valence-corrected chi connectivity index (χ1v) is 11.8. The second-order valence-corrected chi connectivity index (χ2v) is 8.74. The lowest BCUT2D eigenvalue weighted by Gasteiger charge is -2.24. The van der Waals surface area contributed by atoms with Crippen LogP contribution in [0.25, 0.3) is 0 Å². The molecule has 1 atom stereocenters. The van der Waals surface area contributed by atoms with Gasteiger partial charge in [0, 0.05) is 17.3 Å². The average Bonchev–Trinajstić information content (AvgIpc) is 3.21. The third-order valence-corrected chi connectivity index (χ3v) is 5.99. The molecule has 1 aliphatic heterocycles. The summed E-state index contributed by atoms with van der Waals surface area (Å²) in [7, 11) is 0. The van der Waals surface area contributed by atoms with E-state index < -0.39 is 36.5 Å². The smallest absolute Gasteiger partial charge is 0.416 e. The minimum absolute atomic E-state index is 0.0303. The highest BCUT2D eigenvalue weighted by atomic mass is 35.5. The van der Waals surface area contributed by atoms with Crippen LogP contribution in [0.2, 0.25) is 5.02 Å². The summed E-state index contributed by atoms with van der Waals surface area (Å²) in [6.45, 7) is -1.23. The summed E-state index contributed by atoms with van der Waals surface area (Å²) in [5.74, 6) is 0.463. The molecule has 0 radical (unpaired) electrons. The van der Waals surface area contributed by atoms with Crippen molar-refractivity contribution in [1.29, 1.82) is 0 Å². The molecule has 0 bridgehead atoms. The Kier molecular flexibility index (Phi) is 8.40. The van der Waals surface area contributed by atoms with Crippen LogP contribution in [0.5, 0.6) is 11.5 Å². The number of anilines is 1. The number of urea groups is 1. The number of rotatable bonds is 9. The molecule has 1 unspecified atom stereocenters. The molecular weight excluding hydrogens is 527 g/mol. The number of nitrogens with zero attached hydrogens (tertiary/aromatic N) is 2. The Morgan fingerprint density at radius 3 is 2.34 bits per heavy atom. The number of benzene rings is 3. The van der Waals surface area contributed by atoms with Crippen LogP contribution in [0.1, 0.15) is 17.2 Å². The van der Waals surface area contributed by atoms with E-state index in [1.807, 2.05) is 0 Å². The molecule has 0 aliphatic carbocycles. The third kappa shape index (κ3) is 6.55. The monoisotopic (exact) mass is 549 g/mol. The molecule has 3 aromatic carbocycles. The Morgan fingerprint density at radius 1 is 1.05 bits per heavy atom. The number of alkyl halides is 3. The molecule has 1 aliphatic rings. The summed E-state index contributed by atoms with van der Waals surface area (Å²) < 4.78 is 50.6. The summed E-state index contributed by atoms with van der Waals surface area (Å²) in [5.41, 5.74) is -0.167. The number of carbonyl (C=O) groups excluding carboxylic acids is 2. The number of nitrogens with one attached hydrogen (secondary N) is 1. The highest BCUT2D eigenvalue weighted by Crippen LogP contribution is 2.38. The lowest BCUT2D eigenvalue weighted by molar-refractivity contribution is -0.137. The van der Waals surface area contributed by atoms with Gasteiger partial charge in [-0.25, -0.2) is 4.79 Å². The van der Waals surface area contributed by atoms with Crippen LogP contribution in [0.4, 0.5) is 23.7 Å². The normalized spacial score (nSPS) is 15.6. The fraction of sp³-hybridized carbons (Fsp3) is 0.231. The number of halogens is 4. The molecule has 0 saturated carbocycles. The number of ether oxygens (including phenoxy) is 2. The van der Waals surface area contributed by atoms with E-state index in [-0.39, 0.29) is 25.4 Å². The van der Waals surface area contributed by atoms with Gasteiger partial charge in [-0.15, -0.1) is 0 Å². The van der Waals surface area contributed by atoms with Crippen LogP contribution in [0.15, 0.2) is 72.8 Å². The van der Waals surface area contributed by atoms with E-state index in [0.29, 0.717) is 22.2 Å². The molecule has 1 heterocycles. The maximum absolute atomic E-state index is 13.4. The Balaban J connectivity index is 1.60. The molecule has 3 amide bonds. The van der Waals surface area contributed by atoms with E-state index in [1.54, 1.807) is 48.5 Å². The average molecular weight is 550 g/mol. The Labute approximate surface area is 221 Å². The van der Waals surface area contributed by atoms with E-state index in [4.69, 9.17) is 21.4 Å². The molecule has 2 N–H and O–H groups in total. The predicted molar refractivity (Wildman–Crippen MR) is 133 cm³/mol. The number of aliphatic hydroxyl groups is 1. The van der Waals surface area contributed by atoms with Crippen molar-refractivity contribution in [3.8, 4) is 11.5 Å². The SMILES string of the molecule is O=C(CN1CC(c2cccc(C(F)(F)F)c2)N(c2ccc(Oc3ccc(Cl)cc3)cc2)C1=O)NCOCO. The summed E-state index contributed by atoms with van der Waals surface area (Å²) in [6, 6.07) is 16.6. The molecule has 0 spiro atoms. The van der Waals surface area contributed by atoms with Gasteiger partial charge in [-0.05, 0) is 66.2 Å². The maximum atomic E-state index is 13.4. The number of carbonyl (C=O) groups is 2. The second-order valence-electron chi connectivity index (χ2n) is 8.30. The van der Waals surface area contributed by atoms with Crippen molar-refractivity contribution < 1.29 is 37.3 Å². The van der Waals surface area contributed by atoms with E-state index in [9.17, 15) is 22.8 Å². The second kappa shape index (κ2) is 11.7. The van der Waals surface area contributed by atoms with Gasteiger partial charge in [0.05, 0.1) is 11.6 Å². The number of aliphatic hydroxyl groups excluding tert-OH is 1. The zero-order valence-electron chi connectivity index (χ0n) is 19.8. The largest absolute Gasteiger partial charge is 0.457 e. The Bertz CT molecular complexity index is 1270.